The van der Waals surface area contributed by atoms with Gasteiger partial charge in [0.2, 0.25) is 0 Å². The lowest BCUT2D eigenvalue weighted by atomic mass is 10.3. The van der Waals surface area contributed by atoms with Crippen LogP contribution >= 0.6 is 0 Å². The second-order valence-electron chi connectivity index (χ2n) is 2.64. The lowest BCUT2D eigenvalue weighted by Crippen LogP contribution is -2.05. The first-order chi connectivity index (χ1) is 5.72. The van der Waals surface area contributed by atoms with Crippen molar-refractivity contribution in [2.24, 2.45) is 0 Å². The minimum atomic E-state index is 0.199. The van der Waals surface area contributed by atoms with Crippen LogP contribution in [0, 0.1) is 0 Å². The van der Waals surface area contributed by atoms with Crippen LogP contribution in [-0.2, 0) is 4.74 Å². The zero-order chi connectivity index (χ0) is 9.82. The summed E-state index contributed by atoms with van der Waals surface area (Å²) in [4.78, 5) is 0. The highest BCUT2D eigenvalue weighted by Gasteiger charge is 1.93. The largest absolute Gasteiger partial charge is 0.396 e. The molecule has 2 N–H and O–H groups in total. The van der Waals surface area contributed by atoms with Gasteiger partial charge in [-0.15, -0.1) is 0 Å². The maximum atomic E-state index is 8.29. The fourth-order valence-electron chi connectivity index (χ4n) is 0.458. The maximum absolute atomic E-state index is 8.29. The number of hydrogen-bond donors (Lipinski definition) is 2. The molecule has 0 radical (unpaired) electrons. The van der Waals surface area contributed by atoms with E-state index in [9.17, 15) is 0 Å². The zero-order valence-corrected chi connectivity index (χ0v) is 8.42. The highest BCUT2D eigenvalue weighted by molar-refractivity contribution is 4.44. The van der Waals surface area contributed by atoms with Gasteiger partial charge < -0.3 is 14.9 Å². The third-order valence-electron chi connectivity index (χ3n) is 1.45. The Hall–Kier alpha value is -0.120. The Kier molecular flexibility index (Phi) is 16.2. The first-order valence-corrected chi connectivity index (χ1v) is 4.47. The Bertz CT molecular complexity index is 64.8. The van der Waals surface area contributed by atoms with Gasteiger partial charge in [0.15, 0.2) is 0 Å². The molecular formula is C9H22O3. The molecule has 0 saturated carbocycles. The lowest BCUT2D eigenvalue weighted by molar-refractivity contribution is 0.0917. The smallest absolute Gasteiger partial charge is 0.0565 e. The third-order valence-corrected chi connectivity index (χ3v) is 1.45. The van der Waals surface area contributed by atoms with E-state index in [-0.39, 0.29) is 12.7 Å². The minimum absolute atomic E-state index is 0.199. The van der Waals surface area contributed by atoms with Gasteiger partial charge in [-0.1, -0.05) is 13.3 Å². The first-order valence-electron chi connectivity index (χ1n) is 4.47. The van der Waals surface area contributed by atoms with Crippen molar-refractivity contribution in [1.29, 1.82) is 0 Å². The van der Waals surface area contributed by atoms with E-state index in [4.69, 9.17) is 14.9 Å². The topological polar surface area (TPSA) is 49.7 Å². The predicted octanol–water partition coefficient (Wildman–Crippen LogP) is 1.18. The highest BCUT2D eigenvalue weighted by Crippen LogP contribution is 1.90. The van der Waals surface area contributed by atoms with Crippen molar-refractivity contribution in [2.75, 3.05) is 20.3 Å². The van der Waals surface area contributed by atoms with Gasteiger partial charge >= 0.3 is 0 Å². The summed E-state index contributed by atoms with van der Waals surface area (Å²) in [5.74, 6) is 0. The molecule has 0 aliphatic carbocycles. The number of methoxy groups -OCH3 is 1. The van der Waals surface area contributed by atoms with E-state index in [1.54, 1.807) is 7.11 Å². The number of rotatable bonds is 5. The molecule has 0 amide bonds. The Labute approximate surface area is 75.4 Å². The number of aliphatic hydroxyl groups is 2. The van der Waals surface area contributed by atoms with Gasteiger partial charge in [0.1, 0.15) is 0 Å². The van der Waals surface area contributed by atoms with E-state index in [0.717, 1.165) is 19.3 Å². The van der Waals surface area contributed by atoms with Crippen LogP contribution in [0.5, 0.6) is 0 Å². The van der Waals surface area contributed by atoms with Crippen LogP contribution < -0.4 is 0 Å². The molecule has 0 rings (SSSR count). The van der Waals surface area contributed by atoms with Gasteiger partial charge in [-0.3, -0.25) is 0 Å². The number of unbranched alkanes of at least 4 members (excludes halogenated alkanes) is 1. The van der Waals surface area contributed by atoms with Gasteiger partial charge in [0, 0.05) is 20.3 Å². The Morgan fingerprint density at radius 1 is 1.25 bits per heavy atom. The first kappa shape index (κ1) is 14.4. The van der Waals surface area contributed by atoms with Crippen LogP contribution in [0.3, 0.4) is 0 Å². The van der Waals surface area contributed by atoms with Crippen molar-refractivity contribution >= 4 is 0 Å². The monoisotopic (exact) mass is 178 g/mol. The van der Waals surface area contributed by atoms with Crippen molar-refractivity contribution in [2.45, 2.75) is 39.2 Å². The van der Waals surface area contributed by atoms with E-state index in [1.807, 2.05) is 6.92 Å². The molecule has 76 valence electrons. The molecule has 0 fully saturated rings. The number of aliphatic hydroxyl groups excluding tert-OH is 2. The summed E-state index contributed by atoms with van der Waals surface area (Å²) in [7, 11) is 1.64. The van der Waals surface area contributed by atoms with E-state index < -0.39 is 0 Å². The molecule has 0 saturated heterocycles. The fourth-order valence-corrected chi connectivity index (χ4v) is 0.458. The highest BCUT2D eigenvalue weighted by atomic mass is 16.5. The van der Waals surface area contributed by atoms with Gasteiger partial charge in [0.25, 0.3) is 0 Å². The Balaban J connectivity index is 0. The summed E-state index contributed by atoms with van der Waals surface area (Å²) >= 11 is 0. The van der Waals surface area contributed by atoms with Crippen molar-refractivity contribution < 1.29 is 14.9 Å². The number of ether oxygens (including phenoxy) is 1. The standard InChI is InChI=1S/C5H12O2.C4H10O/c1-5(7-2)3-4-6;1-2-3-4-5/h5-6H,3-4H2,1-2H3;5H,2-4H2,1H3. The molecule has 0 aromatic heterocycles. The second-order valence-corrected chi connectivity index (χ2v) is 2.64. The third kappa shape index (κ3) is 16.5. The molecule has 0 spiro atoms. The average molecular weight is 178 g/mol. The Morgan fingerprint density at radius 3 is 1.92 bits per heavy atom. The predicted molar refractivity (Wildman–Crippen MR) is 50.2 cm³/mol. The molecule has 1 unspecified atom stereocenters. The lowest BCUT2D eigenvalue weighted by Gasteiger charge is -2.04. The van der Waals surface area contributed by atoms with E-state index in [2.05, 4.69) is 6.92 Å². The fraction of sp³-hybridized carbons (Fsp3) is 1.00. The molecular weight excluding hydrogens is 156 g/mol. The molecule has 3 heteroatoms. The van der Waals surface area contributed by atoms with Crippen molar-refractivity contribution in [3.8, 4) is 0 Å². The van der Waals surface area contributed by atoms with Crippen LogP contribution in [0.2, 0.25) is 0 Å². The molecule has 0 aromatic carbocycles. The van der Waals surface area contributed by atoms with Crippen LogP contribution in [-0.4, -0.2) is 36.6 Å². The molecule has 12 heavy (non-hydrogen) atoms. The van der Waals surface area contributed by atoms with Gasteiger partial charge in [0.05, 0.1) is 6.10 Å². The molecule has 1 atom stereocenters. The maximum Gasteiger partial charge on any atom is 0.0565 e. The van der Waals surface area contributed by atoms with Crippen LogP contribution in [0.1, 0.15) is 33.1 Å². The molecule has 0 aromatic rings. The van der Waals surface area contributed by atoms with Crippen molar-refractivity contribution in [3.05, 3.63) is 0 Å². The summed E-state index contributed by atoms with van der Waals surface area (Å²) in [6, 6.07) is 0. The summed E-state index contributed by atoms with van der Waals surface area (Å²) < 4.78 is 4.83. The summed E-state index contributed by atoms with van der Waals surface area (Å²) in [6.07, 6.45) is 2.97. The van der Waals surface area contributed by atoms with Crippen LogP contribution in [0.4, 0.5) is 0 Å². The summed E-state index contributed by atoms with van der Waals surface area (Å²) in [5, 5.41) is 16.4. The summed E-state index contributed by atoms with van der Waals surface area (Å²) in [6.45, 7) is 4.54. The van der Waals surface area contributed by atoms with E-state index >= 15 is 0 Å². The van der Waals surface area contributed by atoms with Crippen LogP contribution in [0.15, 0.2) is 0 Å². The molecule has 0 aliphatic heterocycles. The molecule has 0 heterocycles. The zero-order valence-electron chi connectivity index (χ0n) is 8.42. The average Bonchev–Trinajstić information content (AvgIpc) is 2.07. The Morgan fingerprint density at radius 2 is 1.83 bits per heavy atom. The number of hydrogen-bond acceptors (Lipinski definition) is 3. The molecule has 0 aliphatic rings. The quantitative estimate of drug-likeness (QED) is 0.664. The minimum Gasteiger partial charge on any atom is -0.396 e. The van der Waals surface area contributed by atoms with E-state index in [1.165, 1.54) is 0 Å². The van der Waals surface area contributed by atoms with Gasteiger partial charge in [-0.05, 0) is 19.8 Å². The van der Waals surface area contributed by atoms with Gasteiger partial charge in [-0.2, -0.15) is 0 Å². The molecule has 0 bridgehead atoms. The van der Waals surface area contributed by atoms with E-state index in [0.29, 0.717) is 6.61 Å². The van der Waals surface area contributed by atoms with Gasteiger partial charge in [-0.25, -0.2) is 0 Å². The second kappa shape index (κ2) is 13.5. The SMILES string of the molecule is CCCCO.COC(C)CCO. The normalized spacial score (nSPS) is 11.8. The van der Waals surface area contributed by atoms with Crippen molar-refractivity contribution in [1.82, 2.24) is 0 Å². The van der Waals surface area contributed by atoms with Crippen LogP contribution in [0.25, 0.3) is 0 Å². The molecule has 3 nitrogen and oxygen atoms in total. The summed E-state index contributed by atoms with van der Waals surface area (Å²) in [5.41, 5.74) is 0. The van der Waals surface area contributed by atoms with Crippen molar-refractivity contribution in [3.63, 3.8) is 0 Å².